The van der Waals surface area contributed by atoms with Crippen molar-refractivity contribution in [3.63, 3.8) is 0 Å². The molecule has 0 spiro atoms. The maximum Gasteiger partial charge on any atom is 1.00 e. The smallest absolute Gasteiger partial charge is 0.790 e. The molecule has 34 heavy (non-hydrogen) atoms. The normalized spacial score (nSPS) is 25.0. The van der Waals surface area contributed by atoms with Crippen LogP contribution in [0.1, 0.15) is 6.23 Å². The Morgan fingerprint density at radius 3 is 1.97 bits per heavy atom. The van der Waals surface area contributed by atoms with Crippen molar-refractivity contribution in [3.8, 4) is 0 Å². The van der Waals surface area contributed by atoms with E-state index in [1.807, 2.05) is 4.98 Å². The Morgan fingerprint density at radius 2 is 1.50 bits per heavy atom. The topological polar surface area (TPSA) is 339 Å². The van der Waals surface area contributed by atoms with Crippen molar-refractivity contribution in [2.24, 2.45) is 0 Å². The van der Waals surface area contributed by atoms with Gasteiger partial charge >= 0.3 is 94.4 Å². The van der Waals surface area contributed by atoms with Crippen LogP contribution in [-0.2, 0) is 31.6 Å². The quantitative estimate of drug-likeness (QED) is 0.188. The van der Waals surface area contributed by atoms with Crippen molar-refractivity contribution in [2.45, 2.75) is 24.5 Å². The summed E-state index contributed by atoms with van der Waals surface area (Å²) in [5.41, 5.74) is -1.80. The van der Waals surface area contributed by atoms with Crippen LogP contribution < -0.4 is 119 Å². The van der Waals surface area contributed by atoms with E-state index in [0.29, 0.717) is 4.57 Å². The van der Waals surface area contributed by atoms with Gasteiger partial charge in [0.25, 0.3) is 21.2 Å². The number of aliphatic hydroxyl groups excluding tert-OH is 2. The first-order chi connectivity index (χ1) is 13.1. The SMILES string of the molecule is O.O.O=c1ccn(C2OC(COP(=O)([O-])OP(=O)([O-])OP(=O)([O-])[O-])C(O)C2O)c(=O)[nH]1.[Na+].[Na+].[Na+]. The summed E-state index contributed by atoms with van der Waals surface area (Å²) in [6, 6.07) is 0.893. The third-order valence-electron chi connectivity index (χ3n) is 3.26. The molecule has 0 radical (unpaired) electrons. The van der Waals surface area contributed by atoms with Crippen LogP contribution in [0.5, 0.6) is 0 Å². The maximum absolute atomic E-state index is 11.7. The van der Waals surface area contributed by atoms with Gasteiger partial charge in [0.2, 0.25) is 0 Å². The molecule has 19 nitrogen and oxygen atoms in total. The molecule has 1 aliphatic rings. The molecule has 1 saturated heterocycles. The molecule has 1 fully saturated rings. The summed E-state index contributed by atoms with van der Waals surface area (Å²) >= 11 is 0. The fourth-order valence-corrected chi connectivity index (χ4v) is 5.04. The summed E-state index contributed by atoms with van der Waals surface area (Å²) < 4.78 is 48.9. The average molecular weight is 585 g/mol. The third kappa shape index (κ3) is 13.1. The van der Waals surface area contributed by atoms with Gasteiger partial charge in [-0.3, -0.25) is 27.8 Å². The Bertz CT molecular complexity index is 1010. The zero-order chi connectivity index (χ0) is 22.2. The van der Waals surface area contributed by atoms with Crippen molar-refractivity contribution in [1.82, 2.24) is 9.55 Å². The molecule has 25 heteroatoms. The minimum absolute atomic E-state index is 0. The number of phosphoric ester groups is 1. The molecule has 1 aliphatic heterocycles. The minimum Gasteiger partial charge on any atom is -0.790 e. The first-order valence-electron chi connectivity index (χ1n) is 7.15. The van der Waals surface area contributed by atoms with Gasteiger partial charge in [-0.05, 0) is 0 Å². The fourth-order valence-electron chi connectivity index (χ4n) is 2.17. The van der Waals surface area contributed by atoms with E-state index in [4.69, 9.17) is 4.74 Å². The molecule has 1 aromatic rings. The van der Waals surface area contributed by atoms with Gasteiger partial charge in [-0.25, -0.2) is 9.11 Å². The minimum atomic E-state index is -6.17. The van der Waals surface area contributed by atoms with E-state index in [9.17, 15) is 53.1 Å². The van der Waals surface area contributed by atoms with Crippen molar-refractivity contribution in [1.29, 1.82) is 0 Å². The molecule has 0 amide bonds. The summed E-state index contributed by atoms with van der Waals surface area (Å²) in [5, 5.41) is 19.8. The predicted molar refractivity (Wildman–Crippen MR) is 85.4 cm³/mol. The van der Waals surface area contributed by atoms with Gasteiger partial charge in [-0.2, -0.15) is 0 Å². The van der Waals surface area contributed by atoms with Gasteiger partial charge in [0.05, 0.1) is 14.4 Å². The number of H-pyrrole nitrogens is 1. The summed E-state index contributed by atoms with van der Waals surface area (Å²) in [5.74, 6) is 0. The molecule has 2 rings (SSSR count). The molecule has 0 aliphatic carbocycles. The number of ether oxygens (including phenoxy) is 1. The van der Waals surface area contributed by atoms with Crippen LogP contribution in [-0.4, -0.2) is 55.6 Å². The average Bonchev–Trinajstić information content (AvgIpc) is 2.78. The second-order valence-electron chi connectivity index (χ2n) is 5.36. The summed E-state index contributed by atoms with van der Waals surface area (Å²) in [7, 11) is -18.2. The van der Waals surface area contributed by atoms with Gasteiger partial charge in [-0.15, -0.1) is 0 Å². The summed E-state index contributed by atoms with van der Waals surface area (Å²) in [4.78, 5) is 67.6. The van der Waals surface area contributed by atoms with Crippen LogP contribution in [0.25, 0.3) is 0 Å². The first-order valence-corrected chi connectivity index (χ1v) is 11.5. The Balaban J connectivity index is -0.000000900. The van der Waals surface area contributed by atoms with Crippen molar-refractivity contribution < 1.29 is 161 Å². The number of aromatic amines is 1. The largest absolute Gasteiger partial charge is 1.00 e. The van der Waals surface area contributed by atoms with E-state index >= 15 is 0 Å². The number of rotatable bonds is 8. The molecule has 0 bridgehead atoms. The maximum atomic E-state index is 11.7. The zero-order valence-corrected chi connectivity index (χ0v) is 26.3. The molecule has 2 heterocycles. The van der Waals surface area contributed by atoms with Gasteiger partial charge in [0, 0.05) is 12.3 Å². The standard InChI is InChI=1S/C9H15N2O15P3.3Na.2H2O/c12-5-1-2-11(9(15)10-5)8-7(14)6(13)4(24-8)3-23-28(19,20)26-29(21,22)25-27(16,17)18;;;;;/h1-2,4,6-8,13-14H,3H2,(H,19,20)(H,21,22)(H,10,12,15)(H2,16,17,18);;;;2*1H2/q;3*+1;;/p-4. The monoisotopic (exact) mass is 585 g/mol. The van der Waals surface area contributed by atoms with E-state index < -0.39 is 65.9 Å². The molecule has 0 saturated carbocycles. The van der Waals surface area contributed by atoms with Crippen molar-refractivity contribution in [2.75, 3.05) is 6.61 Å². The van der Waals surface area contributed by atoms with E-state index in [1.54, 1.807) is 0 Å². The van der Waals surface area contributed by atoms with Crippen molar-refractivity contribution >= 4 is 23.5 Å². The van der Waals surface area contributed by atoms with Crippen LogP contribution in [0.2, 0.25) is 0 Å². The second kappa shape index (κ2) is 16.8. The number of phosphoric acid groups is 3. The van der Waals surface area contributed by atoms with Gasteiger partial charge in [0.15, 0.2) is 6.23 Å². The number of hydrogen-bond acceptors (Lipinski definition) is 15. The molecule has 0 aromatic carbocycles. The number of aromatic nitrogens is 2. The Kier molecular flexibility index (Phi) is 21.2. The molecule has 7 N–H and O–H groups in total. The predicted octanol–water partition coefficient (Wildman–Crippen LogP) is -15.7. The van der Waals surface area contributed by atoms with E-state index in [1.165, 1.54) is 0 Å². The summed E-state index contributed by atoms with van der Waals surface area (Å²) in [6.07, 6.45) is -5.98. The Hall–Kier alpha value is 1.89. The van der Waals surface area contributed by atoms with E-state index in [2.05, 4.69) is 13.1 Å². The molecule has 6 atom stereocenters. The third-order valence-corrected chi connectivity index (χ3v) is 6.92. The Morgan fingerprint density at radius 1 is 0.971 bits per heavy atom. The fraction of sp³-hybridized carbons (Fsp3) is 0.556. The number of nitrogens with zero attached hydrogens (tertiary/aromatic N) is 1. The van der Waals surface area contributed by atoms with Gasteiger partial charge < -0.3 is 54.6 Å². The Labute approximate surface area is 255 Å². The number of aliphatic hydroxyl groups is 2. The van der Waals surface area contributed by atoms with Crippen LogP contribution >= 0.6 is 23.5 Å². The first kappa shape index (κ1) is 43.0. The molecular weight excluding hydrogens is 570 g/mol. The van der Waals surface area contributed by atoms with Crippen molar-refractivity contribution in [3.05, 3.63) is 33.1 Å². The van der Waals surface area contributed by atoms with Crippen LogP contribution in [0.15, 0.2) is 21.9 Å². The zero-order valence-electron chi connectivity index (χ0n) is 17.7. The van der Waals surface area contributed by atoms with Gasteiger partial charge in [-0.1, -0.05) is 0 Å². The number of nitrogens with one attached hydrogen (secondary N) is 1. The molecule has 1 aromatic heterocycles. The van der Waals surface area contributed by atoms with Gasteiger partial charge in [0.1, 0.15) is 18.3 Å². The van der Waals surface area contributed by atoms with E-state index in [-0.39, 0.29) is 99.6 Å². The molecule has 182 valence electrons. The van der Waals surface area contributed by atoms with E-state index in [0.717, 1.165) is 12.3 Å². The molecule has 6 unspecified atom stereocenters. The summed E-state index contributed by atoms with van der Waals surface area (Å²) in [6.45, 7) is -1.17. The second-order valence-corrected chi connectivity index (χ2v) is 9.61. The number of hydrogen-bond donors (Lipinski definition) is 3. The molecular formula is C9H15N2Na3O17P3-. The van der Waals surface area contributed by atoms with Crippen LogP contribution in [0, 0.1) is 0 Å². The van der Waals surface area contributed by atoms with Crippen LogP contribution in [0.4, 0.5) is 0 Å². The van der Waals surface area contributed by atoms with Crippen LogP contribution in [0.3, 0.4) is 0 Å².